The van der Waals surface area contributed by atoms with Crippen molar-refractivity contribution in [3.8, 4) is 22.3 Å². The summed E-state index contributed by atoms with van der Waals surface area (Å²) in [7, 11) is 0. The zero-order valence-electron chi connectivity index (χ0n) is 40.8. The molecule has 76 heavy (non-hydrogen) atoms. The zero-order valence-corrected chi connectivity index (χ0v) is 42.4. The van der Waals surface area contributed by atoms with Gasteiger partial charge in [-0.15, -0.1) is 22.7 Å². The highest BCUT2D eigenvalue weighted by atomic mass is 32.1. The van der Waals surface area contributed by atoms with Crippen LogP contribution in [-0.4, -0.2) is 0 Å². The smallest absolute Gasteiger partial charge is 0.137 e. The number of hydrogen-bond acceptors (Lipinski definition) is 6. The van der Waals surface area contributed by atoms with Gasteiger partial charge in [-0.05, 0) is 130 Å². The van der Waals surface area contributed by atoms with E-state index in [0.29, 0.717) is 0 Å². The van der Waals surface area contributed by atoms with Crippen LogP contribution in [0.4, 0.5) is 34.1 Å². The van der Waals surface area contributed by atoms with E-state index in [-0.39, 0.29) is 0 Å². The second kappa shape index (κ2) is 17.0. The first kappa shape index (κ1) is 43.0. The Labute approximate surface area is 444 Å². The number of thiophene rings is 2. The first-order chi connectivity index (χ1) is 37.6. The van der Waals surface area contributed by atoms with Gasteiger partial charge in [0.1, 0.15) is 22.3 Å². The van der Waals surface area contributed by atoms with Crippen LogP contribution in [0.2, 0.25) is 0 Å². The van der Waals surface area contributed by atoms with Crippen molar-refractivity contribution in [3.05, 3.63) is 255 Å². The van der Waals surface area contributed by atoms with Crippen LogP contribution < -0.4 is 9.80 Å². The third kappa shape index (κ3) is 6.89. The summed E-state index contributed by atoms with van der Waals surface area (Å²) in [6.07, 6.45) is 0. The van der Waals surface area contributed by atoms with Crippen LogP contribution >= 0.6 is 22.7 Å². The fourth-order valence-corrected chi connectivity index (χ4v) is 14.0. The molecule has 0 aliphatic carbocycles. The van der Waals surface area contributed by atoms with Crippen molar-refractivity contribution in [1.29, 1.82) is 0 Å². The maximum absolute atomic E-state index is 6.86. The molecule has 4 nitrogen and oxygen atoms in total. The maximum Gasteiger partial charge on any atom is 0.137 e. The normalized spacial score (nSPS) is 11.9. The molecule has 4 heterocycles. The maximum atomic E-state index is 6.86. The minimum atomic E-state index is 0.837. The largest absolute Gasteiger partial charge is 0.456 e. The molecule has 0 radical (unpaired) electrons. The van der Waals surface area contributed by atoms with Gasteiger partial charge in [-0.1, -0.05) is 146 Å². The van der Waals surface area contributed by atoms with Crippen molar-refractivity contribution in [3.63, 3.8) is 0 Å². The van der Waals surface area contributed by atoms with Crippen molar-refractivity contribution in [1.82, 2.24) is 0 Å². The highest BCUT2D eigenvalue weighted by molar-refractivity contribution is 7.26. The first-order valence-electron chi connectivity index (χ1n) is 25.6. The molecule has 16 aromatic rings. The summed E-state index contributed by atoms with van der Waals surface area (Å²) >= 11 is 3.68. The van der Waals surface area contributed by atoms with Crippen LogP contribution in [0.25, 0.3) is 117 Å². The Bertz CT molecular complexity index is 4630. The molecule has 0 saturated heterocycles. The van der Waals surface area contributed by atoms with E-state index in [1.54, 1.807) is 0 Å². The fourth-order valence-electron chi connectivity index (χ4n) is 11.6. The summed E-state index contributed by atoms with van der Waals surface area (Å²) in [5, 5.41) is 11.6. The van der Waals surface area contributed by atoms with Crippen LogP contribution in [0.3, 0.4) is 0 Å². The first-order valence-corrected chi connectivity index (χ1v) is 27.2. The van der Waals surface area contributed by atoms with Crippen LogP contribution in [0.1, 0.15) is 0 Å². The standard InChI is InChI=1S/C70H42N2O2S2/c1-3-13-43(14-4-1)45-25-29-49(30-26-45)71(61-21-11-19-57-55-17-7-9-23-67(55)75-69(57)61)51-33-35-53-59-37-47-38-60-54-36-34-52(42-66(54)74-64(60)40-48(47)39-63(59)73-65(53)41-51)72(50-31-27-46(28-32-50)44-15-5-2-6-16-44)62-22-12-20-58-56-18-8-10-24-68(56)76-70(58)62/h1-42H. The molecule has 12 aromatic carbocycles. The number of rotatable bonds is 8. The van der Waals surface area contributed by atoms with Crippen LogP contribution in [-0.2, 0) is 0 Å². The van der Waals surface area contributed by atoms with Crippen molar-refractivity contribution in [2.45, 2.75) is 0 Å². The minimum Gasteiger partial charge on any atom is -0.456 e. The summed E-state index contributed by atoms with van der Waals surface area (Å²) in [6.45, 7) is 0. The number of nitrogens with zero attached hydrogens (tertiary/aromatic N) is 2. The van der Waals surface area contributed by atoms with E-state index in [9.17, 15) is 0 Å². The van der Waals surface area contributed by atoms with Gasteiger partial charge in [0.15, 0.2) is 0 Å². The monoisotopic (exact) mass is 1010 g/mol. The van der Waals surface area contributed by atoms with E-state index in [2.05, 4.69) is 265 Å². The number of anilines is 6. The highest BCUT2D eigenvalue weighted by Crippen LogP contribution is 2.49. The number of benzene rings is 12. The summed E-state index contributed by atoms with van der Waals surface area (Å²) in [5.74, 6) is 0. The molecule has 0 aliphatic rings. The molecular weight excluding hydrogens is 965 g/mol. The van der Waals surface area contributed by atoms with Crippen LogP contribution in [0, 0.1) is 0 Å². The average molecular weight is 1010 g/mol. The molecule has 4 aromatic heterocycles. The quantitative estimate of drug-likeness (QED) is 0.152. The van der Waals surface area contributed by atoms with E-state index >= 15 is 0 Å². The van der Waals surface area contributed by atoms with Gasteiger partial charge >= 0.3 is 0 Å². The average Bonchev–Trinajstić information content (AvgIpc) is 4.30. The predicted molar refractivity (Wildman–Crippen MR) is 325 cm³/mol. The van der Waals surface area contributed by atoms with E-state index < -0.39 is 0 Å². The van der Waals surface area contributed by atoms with Crippen molar-refractivity contribution in [2.75, 3.05) is 9.80 Å². The molecule has 0 fully saturated rings. The van der Waals surface area contributed by atoms with Gasteiger partial charge in [-0.25, -0.2) is 0 Å². The van der Waals surface area contributed by atoms with Crippen LogP contribution in [0.5, 0.6) is 0 Å². The number of hydrogen-bond donors (Lipinski definition) is 0. The van der Waals surface area contributed by atoms with E-state index in [1.807, 2.05) is 22.7 Å². The Hall–Kier alpha value is -9.46. The van der Waals surface area contributed by atoms with Crippen molar-refractivity contribution in [2.24, 2.45) is 0 Å². The molecule has 16 rings (SSSR count). The zero-order chi connectivity index (χ0) is 49.8. The molecular formula is C70H42N2O2S2. The molecule has 0 saturated carbocycles. The molecule has 0 bridgehead atoms. The lowest BCUT2D eigenvalue weighted by Crippen LogP contribution is -2.10. The molecule has 0 aliphatic heterocycles. The third-order valence-electron chi connectivity index (χ3n) is 15.2. The SMILES string of the molecule is c1ccc(-c2ccc(N(c3ccc4c(c3)oc3cc5cc6oc7cc(N(c8ccc(-c9ccccc9)cc8)c8cccc9c8sc8ccccc89)ccc7c6cc5cc34)c3cccc4c3sc3ccccc34)cc2)cc1. The van der Waals surface area contributed by atoms with Crippen molar-refractivity contribution < 1.29 is 8.83 Å². The van der Waals surface area contributed by atoms with Gasteiger partial charge in [-0.3, -0.25) is 0 Å². The van der Waals surface area contributed by atoms with E-state index in [4.69, 9.17) is 8.83 Å². The summed E-state index contributed by atoms with van der Waals surface area (Å²) < 4.78 is 18.8. The lowest BCUT2D eigenvalue weighted by Gasteiger charge is -2.26. The van der Waals surface area contributed by atoms with Gasteiger partial charge in [0.2, 0.25) is 0 Å². The van der Waals surface area contributed by atoms with E-state index in [1.165, 1.54) is 62.6 Å². The Balaban J connectivity index is 0.802. The van der Waals surface area contributed by atoms with Crippen molar-refractivity contribution >= 4 is 152 Å². The lowest BCUT2D eigenvalue weighted by molar-refractivity contribution is 0.668. The third-order valence-corrected chi connectivity index (χ3v) is 17.6. The highest BCUT2D eigenvalue weighted by Gasteiger charge is 2.23. The molecule has 6 heteroatoms. The predicted octanol–water partition coefficient (Wildman–Crippen LogP) is 21.6. The van der Waals surface area contributed by atoms with Gasteiger partial charge in [0.25, 0.3) is 0 Å². The summed E-state index contributed by atoms with van der Waals surface area (Å²) in [4.78, 5) is 4.76. The van der Waals surface area contributed by atoms with Gasteiger partial charge in [-0.2, -0.15) is 0 Å². The van der Waals surface area contributed by atoms with Gasteiger partial charge in [0, 0.05) is 87.4 Å². The Morgan fingerprint density at radius 1 is 0.250 bits per heavy atom. The Kier molecular flexibility index (Phi) is 9.64. The van der Waals surface area contributed by atoms with Gasteiger partial charge < -0.3 is 18.6 Å². The Morgan fingerprint density at radius 2 is 0.618 bits per heavy atom. The molecule has 0 atom stereocenters. The lowest BCUT2D eigenvalue weighted by atomic mass is 10.0. The Morgan fingerprint density at radius 3 is 1.08 bits per heavy atom. The molecule has 356 valence electrons. The van der Waals surface area contributed by atoms with Gasteiger partial charge in [0.05, 0.1) is 20.8 Å². The second-order valence-electron chi connectivity index (χ2n) is 19.6. The topological polar surface area (TPSA) is 32.8 Å². The molecule has 0 unspecified atom stereocenters. The molecule has 0 amide bonds. The number of furan rings is 2. The van der Waals surface area contributed by atoms with E-state index in [0.717, 1.165) is 88.8 Å². The number of fused-ring (bicyclic) bond motifs is 13. The molecule has 0 N–H and O–H groups in total. The fraction of sp³-hybridized carbons (Fsp3) is 0. The summed E-state index contributed by atoms with van der Waals surface area (Å²) in [5.41, 5.74) is 14.6. The minimum absolute atomic E-state index is 0.837. The van der Waals surface area contributed by atoms with Crippen LogP contribution in [0.15, 0.2) is 264 Å². The second-order valence-corrected chi connectivity index (χ2v) is 21.7. The summed E-state index contributed by atoms with van der Waals surface area (Å²) in [6, 6.07) is 92.0. The molecule has 0 spiro atoms.